The molecule has 0 aromatic heterocycles. The summed E-state index contributed by atoms with van der Waals surface area (Å²) in [6, 6.07) is 3.17. The number of hydrogen-bond donors (Lipinski definition) is 2. The molecule has 0 bridgehead atoms. The lowest BCUT2D eigenvalue weighted by atomic mass is 10.2. The summed E-state index contributed by atoms with van der Waals surface area (Å²) in [6.45, 7) is 2.66. The van der Waals surface area contributed by atoms with Gasteiger partial charge in [0.05, 0.1) is 10.6 Å². The highest BCUT2D eigenvalue weighted by Gasteiger charge is 2.25. The molecule has 2 unspecified atom stereocenters. The summed E-state index contributed by atoms with van der Waals surface area (Å²) in [6.07, 6.45) is 0. The third-order valence-electron chi connectivity index (χ3n) is 2.82. The SMILES string of the molecule is CC(CS(=O)(=O)c1ccc(F)cc1)C(=O)NC(C)C(=O)O. The van der Waals surface area contributed by atoms with Crippen LogP contribution in [0.2, 0.25) is 0 Å². The molecule has 1 rings (SSSR count). The zero-order valence-electron chi connectivity index (χ0n) is 11.5. The van der Waals surface area contributed by atoms with Gasteiger partial charge in [-0.05, 0) is 31.2 Å². The zero-order valence-corrected chi connectivity index (χ0v) is 12.4. The molecule has 2 N–H and O–H groups in total. The van der Waals surface area contributed by atoms with E-state index in [1.165, 1.54) is 13.8 Å². The van der Waals surface area contributed by atoms with E-state index in [4.69, 9.17) is 5.11 Å². The van der Waals surface area contributed by atoms with Crippen LogP contribution in [0.25, 0.3) is 0 Å². The van der Waals surface area contributed by atoms with Crippen molar-refractivity contribution in [3.63, 3.8) is 0 Å². The van der Waals surface area contributed by atoms with Crippen molar-refractivity contribution in [3.05, 3.63) is 30.1 Å². The second-order valence-electron chi connectivity index (χ2n) is 4.70. The molecule has 21 heavy (non-hydrogen) atoms. The lowest BCUT2D eigenvalue weighted by Gasteiger charge is -2.15. The number of carbonyl (C=O) groups is 2. The maximum Gasteiger partial charge on any atom is 0.325 e. The van der Waals surface area contributed by atoms with Crippen LogP contribution in [0.1, 0.15) is 13.8 Å². The third kappa shape index (κ3) is 4.82. The van der Waals surface area contributed by atoms with Gasteiger partial charge in [0.25, 0.3) is 0 Å². The van der Waals surface area contributed by atoms with Crippen molar-refractivity contribution in [1.29, 1.82) is 0 Å². The van der Waals surface area contributed by atoms with E-state index in [0.717, 1.165) is 24.3 Å². The Labute approximate surface area is 121 Å². The van der Waals surface area contributed by atoms with Crippen molar-refractivity contribution in [3.8, 4) is 0 Å². The molecular weight excluding hydrogens is 301 g/mol. The molecule has 0 fully saturated rings. The average Bonchev–Trinajstić information content (AvgIpc) is 2.38. The van der Waals surface area contributed by atoms with E-state index in [-0.39, 0.29) is 4.90 Å². The van der Waals surface area contributed by atoms with Crippen molar-refractivity contribution in [2.75, 3.05) is 5.75 Å². The molecule has 6 nitrogen and oxygen atoms in total. The molecular formula is C13H16FNO5S. The molecule has 0 aliphatic carbocycles. The molecule has 0 aliphatic rings. The first-order chi connectivity index (χ1) is 9.63. The monoisotopic (exact) mass is 317 g/mol. The van der Waals surface area contributed by atoms with Crippen molar-refractivity contribution in [1.82, 2.24) is 5.32 Å². The Morgan fingerprint density at radius 2 is 1.76 bits per heavy atom. The maximum atomic E-state index is 12.8. The van der Waals surface area contributed by atoms with Gasteiger partial charge < -0.3 is 10.4 Å². The molecule has 1 amide bonds. The van der Waals surface area contributed by atoms with Crippen LogP contribution < -0.4 is 5.32 Å². The number of amides is 1. The molecule has 2 atom stereocenters. The van der Waals surface area contributed by atoms with Crippen molar-refractivity contribution in [2.45, 2.75) is 24.8 Å². The van der Waals surface area contributed by atoms with Gasteiger partial charge in [-0.15, -0.1) is 0 Å². The summed E-state index contributed by atoms with van der Waals surface area (Å²) in [7, 11) is -3.75. The van der Waals surface area contributed by atoms with Gasteiger partial charge in [0, 0.05) is 5.92 Å². The highest BCUT2D eigenvalue weighted by Crippen LogP contribution is 2.15. The number of halogens is 1. The molecule has 0 radical (unpaired) electrons. The van der Waals surface area contributed by atoms with Crippen molar-refractivity contribution >= 4 is 21.7 Å². The highest BCUT2D eigenvalue weighted by molar-refractivity contribution is 7.91. The predicted octanol–water partition coefficient (Wildman–Crippen LogP) is 0.825. The van der Waals surface area contributed by atoms with Gasteiger partial charge in [0.1, 0.15) is 11.9 Å². The number of benzene rings is 1. The molecule has 1 aromatic rings. The van der Waals surface area contributed by atoms with Crippen molar-refractivity contribution in [2.24, 2.45) is 5.92 Å². The van der Waals surface area contributed by atoms with E-state index < -0.39 is 45.2 Å². The fourth-order valence-corrected chi connectivity index (χ4v) is 3.11. The zero-order chi connectivity index (χ0) is 16.2. The van der Waals surface area contributed by atoms with Crippen LogP contribution in [0.15, 0.2) is 29.2 Å². The molecule has 0 saturated carbocycles. The minimum absolute atomic E-state index is 0.0881. The Balaban J connectivity index is 2.77. The minimum Gasteiger partial charge on any atom is -0.480 e. The Morgan fingerprint density at radius 3 is 2.24 bits per heavy atom. The van der Waals surface area contributed by atoms with Crippen LogP contribution in [0.4, 0.5) is 4.39 Å². The van der Waals surface area contributed by atoms with E-state index in [2.05, 4.69) is 5.32 Å². The number of nitrogens with one attached hydrogen (secondary N) is 1. The predicted molar refractivity (Wildman–Crippen MR) is 72.9 cm³/mol. The standard InChI is InChI=1S/C13H16FNO5S/c1-8(12(16)15-9(2)13(17)18)7-21(19,20)11-5-3-10(14)4-6-11/h3-6,8-9H,7H2,1-2H3,(H,15,16)(H,17,18). The number of carbonyl (C=O) groups excluding carboxylic acids is 1. The maximum absolute atomic E-state index is 12.8. The van der Waals surface area contributed by atoms with Gasteiger partial charge in [-0.2, -0.15) is 0 Å². The fraction of sp³-hybridized carbons (Fsp3) is 0.385. The Kier molecular flexibility index (Phi) is 5.42. The Morgan fingerprint density at radius 1 is 1.24 bits per heavy atom. The minimum atomic E-state index is -3.75. The lowest BCUT2D eigenvalue weighted by molar-refractivity contribution is -0.141. The Hall–Kier alpha value is -1.96. The van der Waals surface area contributed by atoms with Gasteiger partial charge in [0.2, 0.25) is 5.91 Å². The third-order valence-corrected chi connectivity index (χ3v) is 4.75. The summed E-state index contributed by atoms with van der Waals surface area (Å²) < 4.78 is 36.9. The largest absolute Gasteiger partial charge is 0.480 e. The average molecular weight is 317 g/mol. The van der Waals surface area contributed by atoms with Gasteiger partial charge in [-0.25, -0.2) is 12.8 Å². The van der Waals surface area contributed by atoms with E-state index in [9.17, 15) is 22.4 Å². The number of carboxylic acid groups (broad SMARTS) is 1. The lowest BCUT2D eigenvalue weighted by Crippen LogP contribution is -2.42. The van der Waals surface area contributed by atoms with Crippen LogP contribution in [0.3, 0.4) is 0 Å². The van der Waals surface area contributed by atoms with Gasteiger partial charge in [-0.3, -0.25) is 9.59 Å². The number of carboxylic acids is 1. The van der Waals surface area contributed by atoms with E-state index in [1.54, 1.807) is 0 Å². The molecule has 116 valence electrons. The summed E-state index contributed by atoms with van der Waals surface area (Å²) in [5, 5.41) is 10.9. The molecule has 0 heterocycles. The molecule has 8 heteroatoms. The van der Waals surface area contributed by atoms with Gasteiger partial charge >= 0.3 is 5.97 Å². The van der Waals surface area contributed by atoms with E-state index >= 15 is 0 Å². The highest BCUT2D eigenvalue weighted by atomic mass is 32.2. The molecule has 0 saturated heterocycles. The van der Waals surface area contributed by atoms with E-state index in [1.807, 2.05) is 0 Å². The second kappa shape index (κ2) is 6.66. The second-order valence-corrected chi connectivity index (χ2v) is 6.74. The first-order valence-corrected chi connectivity index (χ1v) is 7.80. The Bertz CT molecular complexity index is 626. The van der Waals surface area contributed by atoms with Crippen LogP contribution in [0.5, 0.6) is 0 Å². The molecule has 0 spiro atoms. The van der Waals surface area contributed by atoms with Crippen molar-refractivity contribution < 1.29 is 27.5 Å². The fourth-order valence-electron chi connectivity index (χ4n) is 1.56. The smallest absolute Gasteiger partial charge is 0.325 e. The molecule has 1 aromatic carbocycles. The molecule has 0 aliphatic heterocycles. The number of aliphatic carboxylic acids is 1. The number of hydrogen-bond acceptors (Lipinski definition) is 4. The van der Waals surface area contributed by atoms with Crippen LogP contribution >= 0.6 is 0 Å². The quantitative estimate of drug-likeness (QED) is 0.757. The first kappa shape index (κ1) is 17.1. The topological polar surface area (TPSA) is 101 Å². The summed E-state index contributed by atoms with van der Waals surface area (Å²) >= 11 is 0. The van der Waals surface area contributed by atoms with Gasteiger partial charge in [-0.1, -0.05) is 6.92 Å². The number of rotatable bonds is 6. The summed E-state index contributed by atoms with van der Waals surface area (Å²) in [5.41, 5.74) is 0. The van der Waals surface area contributed by atoms with Crippen LogP contribution in [-0.4, -0.2) is 37.2 Å². The van der Waals surface area contributed by atoms with Gasteiger partial charge in [0.15, 0.2) is 9.84 Å². The first-order valence-electron chi connectivity index (χ1n) is 6.15. The normalized spacial score (nSPS) is 14.2. The summed E-state index contributed by atoms with van der Waals surface area (Å²) in [4.78, 5) is 22.3. The number of sulfone groups is 1. The van der Waals surface area contributed by atoms with E-state index in [0.29, 0.717) is 0 Å². The van der Waals surface area contributed by atoms with Crippen LogP contribution in [0, 0.1) is 11.7 Å². The summed E-state index contributed by atoms with van der Waals surface area (Å²) in [5.74, 6) is -3.86. The van der Waals surface area contributed by atoms with Crippen LogP contribution in [-0.2, 0) is 19.4 Å².